The Labute approximate surface area is 147 Å². The first kappa shape index (κ1) is 18.2. The highest BCUT2D eigenvalue weighted by Gasteiger charge is 2.12. The van der Waals surface area contributed by atoms with E-state index in [1.807, 2.05) is 30.3 Å². The minimum absolute atomic E-state index is 0.0434. The Hall–Kier alpha value is -3.13. The summed E-state index contributed by atoms with van der Waals surface area (Å²) >= 11 is 0. The van der Waals surface area contributed by atoms with Crippen LogP contribution >= 0.6 is 0 Å². The van der Waals surface area contributed by atoms with Crippen molar-refractivity contribution in [2.75, 3.05) is 18.0 Å². The Morgan fingerprint density at radius 3 is 2.56 bits per heavy atom. The van der Waals surface area contributed by atoms with Crippen molar-refractivity contribution in [1.29, 1.82) is 5.26 Å². The molecule has 0 atom stereocenters. The van der Waals surface area contributed by atoms with Crippen molar-refractivity contribution >= 4 is 17.5 Å². The van der Waals surface area contributed by atoms with Crippen LogP contribution in [-0.4, -0.2) is 24.9 Å². The van der Waals surface area contributed by atoms with Crippen molar-refractivity contribution in [2.45, 2.75) is 19.8 Å². The van der Waals surface area contributed by atoms with E-state index in [1.54, 1.807) is 29.2 Å². The molecule has 25 heavy (non-hydrogen) atoms. The first-order valence-electron chi connectivity index (χ1n) is 8.19. The molecule has 0 spiro atoms. The van der Waals surface area contributed by atoms with Crippen molar-refractivity contribution in [3.63, 3.8) is 0 Å². The average molecular weight is 335 g/mol. The van der Waals surface area contributed by atoms with E-state index in [4.69, 9.17) is 5.26 Å². The molecule has 0 bridgehead atoms. The van der Waals surface area contributed by atoms with Crippen LogP contribution in [0, 0.1) is 11.3 Å². The molecular weight excluding hydrogens is 314 g/mol. The number of hydrogen-bond acceptors (Lipinski definition) is 3. The second kappa shape index (κ2) is 9.24. The van der Waals surface area contributed by atoms with E-state index in [9.17, 15) is 9.59 Å². The molecule has 5 heteroatoms. The topological polar surface area (TPSA) is 73.2 Å². The summed E-state index contributed by atoms with van der Waals surface area (Å²) in [5.74, 6) is -0.174. The highest BCUT2D eigenvalue weighted by Crippen LogP contribution is 2.15. The molecule has 0 aliphatic rings. The second-order valence-corrected chi connectivity index (χ2v) is 5.67. The van der Waals surface area contributed by atoms with Gasteiger partial charge in [-0.1, -0.05) is 36.4 Å². The normalized spacial score (nSPS) is 9.92. The molecule has 0 heterocycles. The Morgan fingerprint density at radius 2 is 1.88 bits per heavy atom. The molecule has 2 aromatic rings. The Balaban J connectivity index is 1.84. The smallest absolute Gasteiger partial charge is 0.223 e. The van der Waals surface area contributed by atoms with Crippen molar-refractivity contribution in [3.8, 4) is 6.07 Å². The molecule has 0 aromatic heterocycles. The number of rotatable bonds is 7. The van der Waals surface area contributed by atoms with Gasteiger partial charge in [0.1, 0.15) is 0 Å². The van der Waals surface area contributed by atoms with Gasteiger partial charge < -0.3 is 10.2 Å². The van der Waals surface area contributed by atoms with Crippen LogP contribution in [0.4, 0.5) is 5.69 Å². The maximum Gasteiger partial charge on any atom is 0.223 e. The Bertz CT molecular complexity index is 766. The lowest BCUT2D eigenvalue weighted by atomic mass is 10.1. The van der Waals surface area contributed by atoms with Crippen LogP contribution in [0.15, 0.2) is 54.6 Å². The van der Waals surface area contributed by atoms with Gasteiger partial charge in [-0.25, -0.2) is 0 Å². The molecular formula is C20H21N3O2. The number of nitrogens with one attached hydrogen (secondary N) is 1. The van der Waals surface area contributed by atoms with Gasteiger partial charge in [0, 0.05) is 32.1 Å². The molecule has 128 valence electrons. The molecule has 0 aliphatic heterocycles. The van der Waals surface area contributed by atoms with Gasteiger partial charge >= 0.3 is 0 Å². The van der Waals surface area contributed by atoms with Crippen LogP contribution in [0.25, 0.3) is 0 Å². The number of carbonyl (C=O) groups is 2. The lowest BCUT2D eigenvalue weighted by Crippen LogP contribution is -2.37. The molecule has 0 aliphatic carbocycles. The number of nitrogens with zero attached hydrogens (tertiary/aromatic N) is 2. The zero-order chi connectivity index (χ0) is 18.1. The molecule has 0 saturated heterocycles. The summed E-state index contributed by atoms with van der Waals surface area (Å²) in [6.07, 6.45) is 1.10. The molecule has 0 unspecified atom stereocenters. The van der Waals surface area contributed by atoms with Crippen LogP contribution < -0.4 is 10.2 Å². The van der Waals surface area contributed by atoms with E-state index in [2.05, 4.69) is 11.4 Å². The van der Waals surface area contributed by atoms with Crippen molar-refractivity contribution in [3.05, 3.63) is 65.7 Å². The standard InChI is InChI=1S/C20H21N3O2/c1-16(24)23(19-9-5-8-18(14-19)15-21)13-12-22-20(25)11-10-17-6-3-2-4-7-17/h2-9,14H,10-13H2,1H3,(H,22,25). The first-order chi connectivity index (χ1) is 12.1. The van der Waals surface area contributed by atoms with Gasteiger partial charge in [-0.15, -0.1) is 0 Å². The minimum Gasteiger partial charge on any atom is -0.354 e. The van der Waals surface area contributed by atoms with Crippen molar-refractivity contribution in [2.24, 2.45) is 0 Å². The maximum atomic E-state index is 11.9. The molecule has 2 amide bonds. The van der Waals surface area contributed by atoms with E-state index in [-0.39, 0.29) is 11.8 Å². The number of carbonyl (C=O) groups excluding carboxylic acids is 2. The maximum absolute atomic E-state index is 11.9. The van der Waals surface area contributed by atoms with E-state index in [1.165, 1.54) is 6.92 Å². The van der Waals surface area contributed by atoms with E-state index in [0.717, 1.165) is 5.56 Å². The van der Waals surface area contributed by atoms with Crippen LogP contribution in [-0.2, 0) is 16.0 Å². The molecule has 0 saturated carbocycles. The number of hydrogen-bond donors (Lipinski definition) is 1. The lowest BCUT2D eigenvalue weighted by Gasteiger charge is -2.21. The van der Waals surface area contributed by atoms with E-state index >= 15 is 0 Å². The SMILES string of the molecule is CC(=O)N(CCNC(=O)CCc1ccccc1)c1cccc(C#N)c1. The van der Waals surface area contributed by atoms with Crippen LogP contribution in [0.1, 0.15) is 24.5 Å². The van der Waals surface area contributed by atoms with E-state index in [0.29, 0.717) is 37.2 Å². The fourth-order valence-corrected chi connectivity index (χ4v) is 2.51. The third-order valence-electron chi connectivity index (χ3n) is 3.81. The second-order valence-electron chi connectivity index (χ2n) is 5.67. The zero-order valence-electron chi connectivity index (χ0n) is 14.2. The zero-order valence-corrected chi connectivity index (χ0v) is 14.2. The summed E-state index contributed by atoms with van der Waals surface area (Å²) in [6.45, 7) is 2.20. The summed E-state index contributed by atoms with van der Waals surface area (Å²) in [7, 11) is 0. The molecule has 1 N–H and O–H groups in total. The van der Waals surface area contributed by atoms with Crippen LogP contribution in [0.3, 0.4) is 0 Å². The quantitative estimate of drug-likeness (QED) is 0.845. The first-order valence-corrected chi connectivity index (χ1v) is 8.19. The summed E-state index contributed by atoms with van der Waals surface area (Å²) < 4.78 is 0. The fourth-order valence-electron chi connectivity index (χ4n) is 2.51. The summed E-state index contributed by atoms with van der Waals surface area (Å²) in [5, 5.41) is 11.8. The predicted molar refractivity (Wildman–Crippen MR) is 97.0 cm³/mol. The van der Waals surface area contributed by atoms with Crippen LogP contribution in [0.5, 0.6) is 0 Å². The monoisotopic (exact) mass is 335 g/mol. The van der Waals surface area contributed by atoms with Gasteiger partial charge in [-0.05, 0) is 30.2 Å². The molecule has 0 radical (unpaired) electrons. The van der Waals surface area contributed by atoms with Crippen LogP contribution in [0.2, 0.25) is 0 Å². The van der Waals surface area contributed by atoms with Gasteiger partial charge in [0.05, 0.1) is 11.6 Å². The van der Waals surface area contributed by atoms with Gasteiger partial charge in [-0.3, -0.25) is 9.59 Å². The van der Waals surface area contributed by atoms with Gasteiger partial charge in [0.25, 0.3) is 0 Å². The molecule has 2 aromatic carbocycles. The number of anilines is 1. The number of nitriles is 1. The average Bonchev–Trinajstić information content (AvgIpc) is 2.64. The Kier molecular flexibility index (Phi) is 6.73. The summed E-state index contributed by atoms with van der Waals surface area (Å²) in [4.78, 5) is 25.4. The van der Waals surface area contributed by atoms with Gasteiger partial charge in [-0.2, -0.15) is 5.26 Å². The minimum atomic E-state index is -0.131. The van der Waals surface area contributed by atoms with Gasteiger partial charge in [0.2, 0.25) is 11.8 Å². The Morgan fingerprint density at radius 1 is 1.12 bits per heavy atom. The third kappa shape index (κ3) is 5.78. The van der Waals surface area contributed by atoms with Crippen molar-refractivity contribution in [1.82, 2.24) is 5.32 Å². The summed E-state index contributed by atoms with van der Waals surface area (Å²) in [6, 6.07) is 18.8. The predicted octanol–water partition coefficient (Wildman–Crippen LogP) is 2.66. The molecule has 5 nitrogen and oxygen atoms in total. The van der Waals surface area contributed by atoms with E-state index < -0.39 is 0 Å². The number of amides is 2. The highest BCUT2D eigenvalue weighted by molar-refractivity contribution is 5.91. The van der Waals surface area contributed by atoms with Crippen molar-refractivity contribution < 1.29 is 9.59 Å². The summed E-state index contributed by atoms with van der Waals surface area (Å²) in [5.41, 5.74) is 2.28. The third-order valence-corrected chi connectivity index (χ3v) is 3.81. The number of aryl methyl sites for hydroxylation is 1. The van der Waals surface area contributed by atoms with Gasteiger partial charge in [0.15, 0.2) is 0 Å². The fraction of sp³-hybridized carbons (Fsp3) is 0.250. The highest BCUT2D eigenvalue weighted by atomic mass is 16.2. The largest absolute Gasteiger partial charge is 0.354 e. The lowest BCUT2D eigenvalue weighted by molar-refractivity contribution is -0.121. The molecule has 2 rings (SSSR count). The molecule has 0 fully saturated rings. The number of benzene rings is 2.